The lowest BCUT2D eigenvalue weighted by Gasteiger charge is -2.25. The Morgan fingerprint density at radius 1 is 1.21 bits per heavy atom. The summed E-state index contributed by atoms with van der Waals surface area (Å²) in [5.41, 5.74) is 4.08. The molecule has 2 aromatic rings. The van der Waals surface area contributed by atoms with E-state index in [0.29, 0.717) is 10.9 Å². The van der Waals surface area contributed by atoms with E-state index < -0.39 is 0 Å². The molecule has 1 unspecified atom stereocenters. The van der Waals surface area contributed by atoms with E-state index in [4.69, 9.17) is 16.3 Å². The largest absolute Gasteiger partial charge is 0.495 e. The van der Waals surface area contributed by atoms with Gasteiger partial charge in [0.05, 0.1) is 12.1 Å². The Hall–Kier alpha value is -1.51. The lowest BCUT2D eigenvalue weighted by atomic mass is 9.88. The van der Waals surface area contributed by atoms with Crippen molar-refractivity contribution in [3.8, 4) is 5.75 Å². The fraction of sp³-hybridized carbons (Fsp3) is 0.429. The highest BCUT2D eigenvalue weighted by Gasteiger charge is 2.25. The maximum absolute atomic E-state index is 6.39. The smallest absolute Gasteiger partial charge is 0.137 e. The third-order valence-electron chi connectivity index (χ3n) is 4.96. The minimum atomic E-state index is 0.367. The molecule has 0 aromatic heterocycles. The van der Waals surface area contributed by atoms with E-state index in [1.807, 2.05) is 0 Å². The van der Waals surface area contributed by atoms with Crippen LogP contribution in [0.3, 0.4) is 0 Å². The number of unbranched alkanes of at least 4 members (excludes halogenated alkanes) is 1. The first-order valence-corrected chi connectivity index (χ1v) is 9.24. The van der Waals surface area contributed by atoms with Crippen LogP contribution in [0.15, 0.2) is 42.5 Å². The van der Waals surface area contributed by atoms with Crippen LogP contribution in [-0.4, -0.2) is 31.6 Å². The Labute approximate surface area is 150 Å². The maximum Gasteiger partial charge on any atom is 0.137 e. The molecule has 0 bridgehead atoms. The second-order valence-corrected chi connectivity index (χ2v) is 6.96. The number of methoxy groups -OCH3 is 1. The summed E-state index contributed by atoms with van der Waals surface area (Å²) in [6.45, 7) is 5.57. The van der Waals surface area contributed by atoms with Crippen molar-refractivity contribution in [1.29, 1.82) is 0 Å². The van der Waals surface area contributed by atoms with Gasteiger partial charge < -0.3 is 9.64 Å². The van der Waals surface area contributed by atoms with Gasteiger partial charge in [0.2, 0.25) is 0 Å². The molecule has 128 valence electrons. The van der Waals surface area contributed by atoms with E-state index in [1.54, 1.807) is 7.11 Å². The average molecular weight is 344 g/mol. The van der Waals surface area contributed by atoms with Crippen molar-refractivity contribution in [3.05, 3.63) is 64.2 Å². The first kappa shape index (κ1) is 17.3. The lowest BCUT2D eigenvalue weighted by Crippen LogP contribution is -2.29. The first-order valence-electron chi connectivity index (χ1n) is 8.86. The van der Waals surface area contributed by atoms with Gasteiger partial charge in [-0.3, -0.25) is 0 Å². The van der Waals surface area contributed by atoms with E-state index in [0.717, 1.165) is 25.3 Å². The van der Waals surface area contributed by atoms with Gasteiger partial charge in [-0.15, -0.1) is 0 Å². The quantitative estimate of drug-likeness (QED) is 0.745. The Balaban J connectivity index is 2.01. The van der Waals surface area contributed by atoms with Gasteiger partial charge in [0.25, 0.3) is 0 Å². The zero-order valence-electron chi connectivity index (χ0n) is 14.6. The number of hydrogen-bond acceptors (Lipinski definition) is 2. The van der Waals surface area contributed by atoms with E-state index in [9.17, 15) is 0 Å². The molecular weight excluding hydrogens is 318 g/mol. The van der Waals surface area contributed by atoms with Crippen LogP contribution in [0.1, 0.15) is 42.4 Å². The number of halogens is 1. The van der Waals surface area contributed by atoms with Crippen molar-refractivity contribution >= 4 is 11.6 Å². The van der Waals surface area contributed by atoms with Crippen LogP contribution < -0.4 is 4.74 Å². The summed E-state index contributed by atoms with van der Waals surface area (Å²) in [5.74, 6) is 1.14. The summed E-state index contributed by atoms with van der Waals surface area (Å²) in [7, 11) is 1.69. The molecule has 2 nitrogen and oxygen atoms in total. The van der Waals surface area contributed by atoms with Gasteiger partial charge in [0, 0.05) is 19.0 Å². The van der Waals surface area contributed by atoms with Crippen molar-refractivity contribution in [3.63, 3.8) is 0 Å². The van der Waals surface area contributed by atoms with Crippen molar-refractivity contribution in [2.75, 3.05) is 26.7 Å². The topological polar surface area (TPSA) is 12.5 Å². The van der Waals surface area contributed by atoms with Crippen LogP contribution in [0, 0.1) is 0 Å². The molecule has 1 heterocycles. The Kier molecular flexibility index (Phi) is 5.80. The lowest BCUT2D eigenvalue weighted by molar-refractivity contribution is 0.272. The van der Waals surface area contributed by atoms with Crippen molar-refractivity contribution in [2.45, 2.75) is 32.1 Å². The molecule has 3 heteroatoms. The zero-order chi connectivity index (χ0) is 16.9. The highest BCUT2D eigenvalue weighted by atomic mass is 35.5. The molecule has 0 saturated heterocycles. The Morgan fingerprint density at radius 2 is 2.00 bits per heavy atom. The Bertz CT molecular complexity index is 671. The summed E-state index contributed by atoms with van der Waals surface area (Å²) in [4.78, 5) is 2.60. The summed E-state index contributed by atoms with van der Waals surface area (Å²) in [6, 6.07) is 15.1. The third kappa shape index (κ3) is 3.76. The second-order valence-electron chi connectivity index (χ2n) is 6.55. The van der Waals surface area contributed by atoms with Crippen LogP contribution in [0.2, 0.25) is 5.02 Å². The van der Waals surface area contributed by atoms with Crippen LogP contribution in [0.5, 0.6) is 5.75 Å². The molecule has 0 spiro atoms. The minimum Gasteiger partial charge on any atom is -0.495 e. The molecule has 0 aliphatic carbocycles. The van der Waals surface area contributed by atoms with Gasteiger partial charge in [-0.05, 0) is 48.2 Å². The molecule has 1 aliphatic rings. The van der Waals surface area contributed by atoms with Crippen LogP contribution in [0.4, 0.5) is 0 Å². The number of rotatable bonds is 5. The fourth-order valence-electron chi connectivity index (χ4n) is 3.59. The third-order valence-corrected chi connectivity index (χ3v) is 5.25. The van der Waals surface area contributed by atoms with Crippen LogP contribution in [0.25, 0.3) is 0 Å². The molecule has 3 rings (SSSR count). The predicted octanol–water partition coefficient (Wildman–Crippen LogP) is 5.14. The zero-order valence-corrected chi connectivity index (χ0v) is 15.4. The van der Waals surface area contributed by atoms with Crippen LogP contribution >= 0.6 is 11.6 Å². The number of benzene rings is 2. The summed E-state index contributed by atoms with van der Waals surface area (Å²) >= 11 is 6.39. The highest BCUT2D eigenvalue weighted by molar-refractivity contribution is 6.32. The molecular formula is C21H26ClNO. The molecule has 0 amide bonds. The molecule has 0 saturated carbocycles. The van der Waals surface area contributed by atoms with E-state index in [-0.39, 0.29) is 0 Å². The molecule has 1 atom stereocenters. The van der Waals surface area contributed by atoms with Gasteiger partial charge in [-0.2, -0.15) is 0 Å². The predicted molar refractivity (Wildman–Crippen MR) is 101 cm³/mol. The summed E-state index contributed by atoms with van der Waals surface area (Å²) in [5, 5.41) is 0.713. The second kappa shape index (κ2) is 8.04. The molecule has 24 heavy (non-hydrogen) atoms. The van der Waals surface area contributed by atoms with E-state index in [1.165, 1.54) is 36.1 Å². The number of hydrogen-bond donors (Lipinski definition) is 0. The van der Waals surface area contributed by atoms with Crippen molar-refractivity contribution < 1.29 is 4.74 Å². The first-order chi connectivity index (χ1) is 11.7. The molecule has 0 N–H and O–H groups in total. The van der Waals surface area contributed by atoms with Gasteiger partial charge in [-0.25, -0.2) is 0 Å². The highest BCUT2D eigenvalue weighted by Crippen LogP contribution is 2.37. The summed E-state index contributed by atoms with van der Waals surface area (Å²) in [6.07, 6.45) is 3.53. The standard InChI is InChI=1S/C21H26ClNO/c1-3-4-11-23-12-10-17-13-20(22)21(24-2)14-18(17)19(15-23)16-8-6-5-7-9-16/h5-9,13-14,19H,3-4,10-12,15H2,1-2H3. The fourth-order valence-corrected chi connectivity index (χ4v) is 3.85. The maximum atomic E-state index is 6.39. The monoisotopic (exact) mass is 343 g/mol. The van der Waals surface area contributed by atoms with Gasteiger partial charge in [0.15, 0.2) is 0 Å². The SMILES string of the molecule is CCCCN1CCc2cc(Cl)c(OC)cc2C(c2ccccc2)C1. The molecule has 0 fully saturated rings. The molecule has 2 aromatic carbocycles. The number of nitrogens with zero attached hydrogens (tertiary/aromatic N) is 1. The van der Waals surface area contributed by atoms with Gasteiger partial charge in [0.1, 0.15) is 5.75 Å². The van der Waals surface area contributed by atoms with Gasteiger partial charge >= 0.3 is 0 Å². The van der Waals surface area contributed by atoms with Crippen molar-refractivity contribution in [1.82, 2.24) is 4.90 Å². The molecule has 0 radical (unpaired) electrons. The van der Waals surface area contributed by atoms with Crippen LogP contribution in [-0.2, 0) is 6.42 Å². The number of fused-ring (bicyclic) bond motifs is 1. The van der Waals surface area contributed by atoms with Gasteiger partial charge in [-0.1, -0.05) is 55.3 Å². The molecule has 1 aliphatic heterocycles. The number of ether oxygens (including phenoxy) is 1. The minimum absolute atomic E-state index is 0.367. The Morgan fingerprint density at radius 3 is 2.71 bits per heavy atom. The van der Waals surface area contributed by atoms with Crippen molar-refractivity contribution in [2.24, 2.45) is 0 Å². The van der Waals surface area contributed by atoms with E-state index >= 15 is 0 Å². The average Bonchev–Trinajstić information content (AvgIpc) is 2.79. The normalized spacial score (nSPS) is 18.0. The summed E-state index contributed by atoms with van der Waals surface area (Å²) < 4.78 is 5.48. The van der Waals surface area contributed by atoms with E-state index in [2.05, 4.69) is 54.3 Å².